The molecule has 5 nitrogen and oxygen atoms in total. The molecule has 0 amide bonds. The standard InChI is InChI=1S/C11H13N5S/c12-9-6-4-2-1-3-5(6)7(15-9)8-10(13)16-11(14)17-8/h12H,1-4,13H2,(H2,14,16). The van der Waals surface area contributed by atoms with Crippen LogP contribution >= 0.6 is 11.3 Å². The van der Waals surface area contributed by atoms with E-state index in [-0.39, 0.29) is 0 Å². The van der Waals surface area contributed by atoms with Crippen LogP contribution in [0.3, 0.4) is 0 Å². The van der Waals surface area contributed by atoms with Gasteiger partial charge in [-0.15, -0.1) is 0 Å². The second kappa shape index (κ2) is 3.66. The lowest BCUT2D eigenvalue weighted by Gasteiger charge is -2.13. The number of anilines is 2. The Labute approximate surface area is 103 Å². The van der Waals surface area contributed by atoms with Crippen LogP contribution in [0, 0.1) is 5.41 Å². The summed E-state index contributed by atoms with van der Waals surface area (Å²) in [5.41, 5.74) is 14.6. The van der Waals surface area contributed by atoms with E-state index < -0.39 is 0 Å². The molecule has 0 unspecified atom stereocenters. The Hall–Kier alpha value is -1.69. The minimum Gasteiger partial charge on any atom is -0.382 e. The summed E-state index contributed by atoms with van der Waals surface area (Å²) in [5, 5.41) is 8.35. The zero-order valence-electron chi connectivity index (χ0n) is 9.29. The van der Waals surface area contributed by atoms with Crippen molar-refractivity contribution in [2.24, 2.45) is 4.99 Å². The Balaban J connectivity index is 2.10. The Bertz CT molecular complexity index is 566. The van der Waals surface area contributed by atoms with E-state index in [1.54, 1.807) is 0 Å². The van der Waals surface area contributed by atoms with E-state index in [1.807, 2.05) is 0 Å². The van der Waals surface area contributed by atoms with E-state index >= 15 is 0 Å². The van der Waals surface area contributed by atoms with Crippen LogP contribution in [0.5, 0.6) is 0 Å². The molecule has 0 fully saturated rings. The highest BCUT2D eigenvalue weighted by atomic mass is 32.1. The smallest absolute Gasteiger partial charge is 0.182 e. The minimum atomic E-state index is 0.390. The molecule has 1 aliphatic carbocycles. The monoisotopic (exact) mass is 247 g/mol. The van der Waals surface area contributed by atoms with Gasteiger partial charge in [0, 0.05) is 5.57 Å². The summed E-state index contributed by atoms with van der Waals surface area (Å²) < 4.78 is 0. The highest BCUT2D eigenvalue weighted by Gasteiger charge is 2.29. The summed E-state index contributed by atoms with van der Waals surface area (Å²) in [6.45, 7) is 0. The van der Waals surface area contributed by atoms with Gasteiger partial charge in [0.25, 0.3) is 0 Å². The Morgan fingerprint density at radius 1 is 1.12 bits per heavy atom. The predicted octanol–water partition coefficient (Wildman–Crippen LogP) is 1.96. The molecular formula is C11H13N5S. The second-order valence-electron chi connectivity index (χ2n) is 4.24. The number of nitrogens with one attached hydrogen (secondary N) is 1. The molecule has 1 aliphatic heterocycles. The molecule has 0 radical (unpaired) electrons. The predicted molar refractivity (Wildman–Crippen MR) is 70.7 cm³/mol. The maximum atomic E-state index is 7.90. The summed E-state index contributed by atoms with van der Waals surface area (Å²) in [7, 11) is 0. The molecule has 17 heavy (non-hydrogen) atoms. The van der Waals surface area contributed by atoms with Crippen molar-refractivity contribution < 1.29 is 0 Å². The summed E-state index contributed by atoms with van der Waals surface area (Å²) in [6, 6.07) is 0. The molecule has 0 spiro atoms. The first-order valence-electron chi connectivity index (χ1n) is 5.59. The van der Waals surface area contributed by atoms with E-state index in [1.165, 1.54) is 16.9 Å². The average Bonchev–Trinajstić information content (AvgIpc) is 2.80. The Morgan fingerprint density at radius 3 is 2.47 bits per heavy atom. The van der Waals surface area contributed by atoms with Crippen molar-refractivity contribution in [2.75, 3.05) is 11.5 Å². The minimum absolute atomic E-state index is 0.390. The van der Waals surface area contributed by atoms with E-state index in [2.05, 4.69) is 9.98 Å². The molecular weight excluding hydrogens is 234 g/mol. The van der Waals surface area contributed by atoms with Crippen molar-refractivity contribution in [3.63, 3.8) is 0 Å². The van der Waals surface area contributed by atoms with Crippen LogP contribution < -0.4 is 11.5 Å². The van der Waals surface area contributed by atoms with Crippen molar-refractivity contribution in [3.05, 3.63) is 16.0 Å². The fourth-order valence-electron chi connectivity index (χ4n) is 2.38. The first kappa shape index (κ1) is 10.5. The number of thiazole rings is 1. The molecule has 0 saturated carbocycles. The number of rotatable bonds is 1. The zero-order chi connectivity index (χ0) is 12.0. The lowest BCUT2D eigenvalue weighted by molar-refractivity contribution is 0.706. The fraction of sp³-hybridized carbons (Fsp3) is 0.364. The number of hydrogen-bond donors (Lipinski definition) is 3. The number of amidine groups is 1. The lowest BCUT2D eigenvalue weighted by Crippen LogP contribution is -2.07. The molecule has 1 aromatic heterocycles. The van der Waals surface area contributed by atoms with Gasteiger partial charge in [-0.3, -0.25) is 5.41 Å². The van der Waals surface area contributed by atoms with Crippen molar-refractivity contribution in [1.82, 2.24) is 4.98 Å². The maximum absolute atomic E-state index is 7.90. The highest BCUT2D eigenvalue weighted by molar-refractivity contribution is 7.18. The van der Waals surface area contributed by atoms with E-state index in [9.17, 15) is 0 Å². The van der Waals surface area contributed by atoms with Crippen molar-refractivity contribution in [2.45, 2.75) is 25.7 Å². The van der Waals surface area contributed by atoms with Crippen LogP contribution in [0.4, 0.5) is 10.9 Å². The lowest BCUT2D eigenvalue weighted by atomic mass is 9.90. The van der Waals surface area contributed by atoms with Crippen LogP contribution in [0.15, 0.2) is 16.1 Å². The molecule has 0 bridgehead atoms. The average molecular weight is 247 g/mol. The van der Waals surface area contributed by atoms with Gasteiger partial charge < -0.3 is 11.5 Å². The normalized spacial score (nSPS) is 19.5. The van der Waals surface area contributed by atoms with Gasteiger partial charge in [-0.05, 0) is 31.3 Å². The zero-order valence-corrected chi connectivity index (χ0v) is 10.1. The molecule has 2 aliphatic rings. The molecule has 5 N–H and O–H groups in total. The molecule has 3 rings (SSSR count). The Kier molecular flexibility index (Phi) is 2.25. The van der Waals surface area contributed by atoms with Gasteiger partial charge in [0.1, 0.15) is 11.7 Å². The Morgan fingerprint density at radius 2 is 1.82 bits per heavy atom. The van der Waals surface area contributed by atoms with Crippen LogP contribution in [0.1, 0.15) is 30.6 Å². The third-order valence-electron chi connectivity index (χ3n) is 3.15. The topological polar surface area (TPSA) is 101 Å². The maximum Gasteiger partial charge on any atom is 0.182 e. The van der Waals surface area contributed by atoms with Crippen molar-refractivity contribution in [1.29, 1.82) is 5.41 Å². The van der Waals surface area contributed by atoms with Gasteiger partial charge in [0.05, 0.1) is 10.6 Å². The number of nitrogen functional groups attached to an aromatic ring is 2. The van der Waals surface area contributed by atoms with Gasteiger partial charge in [-0.2, -0.15) is 0 Å². The van der Waals surface area contributed by atoms with Crippen LogP contribution in [-0.4, -0.2) is 16.5 Å². The fourth-order valence-corrected chi connectivity index (χ4v) is 3.15. The van der Waals surface area contributed by atoms with Gasteiger partial charge in [-0.25, -0.2) is 9.98 Å². The number of aromatic nitrogens is 1. The number of hydrogen-bond acceptors (Lipinski definition) is 5. The molecule has 88 valence electrons. The highest BCUT2D eigenvalue weighted by Crippen LogP contribution is 2.36. The van der Waals surface area contributed by atoms with Gasteiger partial charge in [0.15, 0.2) is 5.13 Å². The number of allylic oxidation sites excluding steroid dienone is 1. The SMILES string of the molecule is N=C1N=C(c2sc(N)nc2N)C2=C1CCCC2. The van der Waals surface area contributed by atoms with Gasteiger partial charge >= 0.3 is 0 Å². The molecule has 0 saturated heterocycles. The molecule has 6 heteroatoms. The van der Waals surface area contributed by atoms with E-state index in [0.717, 1.165) is 41.8 Å². The van der Waals surface area contributed by atoms with E-state index in [4.69, 9.17) is 16.9 Å². The molecule has 0 aromatic carbocycles. The molecule has 0 atom stereocenters. The third-order valence-corrected chi connectivity index (χ3v) is 4.06. The van der Waals surface area contributed by atoms with Crippen molar-refractivity contribution >= 4 is 33.8 Å². The quantitative estimate of drug-likeness (QED) is 0.707. The summed E-state index contributed by atoms with van der Waals surface area (Å²) in [5.74, 6) is 0.819. The summed E-state index contributed by atoms with van der Waals surface area (Å²) >= 11 is 1.35. The first-order valence-corrected chi connectivity index (χ1v) is 6.40. The van der Waals surface area contributed by atoms with Gasteiger partial charge in [-0.1, -0.05) is 11.3 Å². The van der Waals surface area contributed by atoms with Gasteiger partial charge in [0.2, 0.25) is 0 Å². The largest absolute Gasteiger partial charge is 0.382 e. The van der Waals surface area contributed by atoms with Crippen LogP contribution in [0.25, 0.3) is 0 Å². The second-order valence-corrected chi connectivity index (χ2v) is 5.27. The first-order chi connectivity index (χ1) is 8.16. The number of nitrogens with zero attached hydrogens (tertiary/aromatic N) is 2. The number of nitrogens with two attached hydrogens (primary N) is 2. The van der Waals surface area contributed by atoms with Crippen LogP contribution in [0.2, 0.25) is 0 Å². The molecule has 2 heterocycles. The van der Waals surface area contributed by atoms with Crippen molar-refractivity contribution in [3.8, 4) is 0 Å². The van der Waals surface area contributed by atoms with Crippen LogP contribution in [-0.2, 0) is 0 Å². The number of aliphatic imine (C=N–C) groups is 1. The third kappa shape index (κ3) is 1.56. The van der Waals surface area contributed by atoms with E-state index in [0.29, 0.717) is 16.8 Å². The molecule has 1 aromatic rings. The summed E-state index contributed by atoms with van der Waals surface area (Å²) in [4.78, 5) is 9.18. The summed E-state index contributed by atoms with van der Waals surface area (Å²) in [6.07, 6.45) is 4.23.